The molecule has 0 bridgehead atoms. The molecule has 0 saturated heterocycles. The van der Waals surface area contributed by atoms with Gasteiger partial charge < -0.3 is 9.26 Å². The number of amides is 1. The van der Waals surface area contributed by atoms with Gasteiger partial charge in [0.2, 0.25) is 11.0 Å². The predicted molar refractivity (Wildman–Crippen MR) is 113 cm³/mol. The van der Waals surface area contributed by atoms with Gasteiger partial charge in [0.15, 0.2) is 6.61 Å². The van der Waals surface area contributed by atoms with E-state index in [-0.39, 0.29) is 12.5 Å². The van der Waals surface area contributed by atoms with Crippen LogP contribution in [0.4, 0.5) is 5.13 Å². The van der Waals surface area contributed by atoms with Crippen LogP contribution in [0.3, 0.4) is 0 Å². The fourth-order valence-electron chi connectivity index (χ4n) is 2.75. The maximum absolute atomic E-state index is 12.2. The fraction of sp³-hybridized carbons (Fsp3) is 0.190. The monoisotopic (exact) mass is 421 g/mol. The SMILES string of the molecule is CCc1nnc(NC(=O)COc2ccccc2-c2nc(-c3cccc(C)c3)no2)s1. The Bertz CT molecular complexity index is 1170. The van der Waals surface area contributed by atoms with Crippen LogP contribution in [-0.2, 0) is 11.2 Å². The zero-order valence-electron chi connectivity index (χ0n) is 16.5. The number of aromatic nitrogens is 4. The van der Waals surface area contributed by atoms with E-state index < -0.39 is 0 Å². The third kappa shape index (κ3) is 4.52. The van der Waals surface area contributed by atoms with Crippen molar-refractivity contribution in [2.45, 2.75) is 20.3 Å². The molecular weight excluding hydrogens is 402 g/mol. The van der Waals surface area contributed by atoms with Crippen LogP contribution in [-0.4, -0.2) is 32.9 Å². The number of anilines is 1. The Labute approximate surface area is 176 Å². The van der Waals surface area contributed by atoms with Gasteiger partial charge in [-0.25, -0.2) is 0 Å². The van der Waals surface area contributed by atoms with Crippen molar-refractivity contribution < 1.29 is 14.1 Å². The first-order chi connectivity index (χ1) is 14.6. The van der Waals surface area contributed by atoms with Gasteiger partial charge in [-0.15, -0.1) is 10.2 Å². The normalized spacial score (nSPS) is 10.7. The zero-order valence-corrected chi connectivity index (χ0v) is 17.3. The van der Waals surface area contributed by atoms with Gasteiger partial charge in [-0.2, -0.15) is 4.98 Å². The molecule has 152 valence electrons. The van der Waals surface area contributed by atoms with E-state index in [2.05, 4.69) is 25.7 Å². The average Bonchev–Trinajstić information content (AvgIpc) is 3.42. The molecule has 0 aliphatic rings. The topological polar surface area (TPSA) is 103 Å². The Morgan fingerprint density at radius 2 is 2.03 bits per heavy atom. The second kappa shape index (κ2) is 8.83. The van der Waals surface area contributed by atoms with Gasteiger partial charge in [0, 0.05) is 5.56 Å². The Morgan fingerprint density at radius 1 is 1.17 bits per heavy atom. The number of nitrogens with zero attached hydrogens (tertiary/aromatic N) is 4. The summed E-state index contributed by atoms with van der Waals surface area (Å²) in [5, 5.41) is 16.0. The van der Waals surface area contributed by atoms with Crippen LogP contribution in [0.15, 0.2) is 53.1 Å². The maximum atomic E-state index is 12.2. The molecule has 0 saturated carbocycles. The Balaban J connectivity index is 1.47. The lowest BCUT2D eigenvalue weighted by Crippen LogP contribution is -2.20. The summed E-state index contributed by atoms with van der Waals surface area (Å²) >= 11 is 1.34. The smallest absolute Gasteiger partial charge is 0.264 e. The highest BCUT2D eigenvalue weighted by atomic mass is 32.1. The van der Waals surface area contributed by atoms with Crippen LogP contribution in [0.1, 0.15) is 17.5 Å². The Kier molecular flexibility index (Phi) is 5.80. The maximum Gasteiger partial charge on any atom is 0.264 e. The number of benzene rings is 2. The summed E-state index contributed by atoms with van der Waals surface area (Å²) < 4.78 is 11.2. The van der Waals surface area contributed by atoms with E-state index in [1.807, 2.05) is 50.2 Å². The van der Waals surface area contributed by atoms with E-state index in [4.69, 9.17) is 9.26 Å². The van der Waals surface area contributed by atoms with Crippen molar-refractivity contribution in [1.82, 2.24) is 20.3 Å². The van der Waals surface area contributed by atoms with E-state index >= 15 is 0 Å². The molecule has 1 amide bonds. The summed E-state index contributed by atoms with van der Waals surface area (Å²) in [6.07, 6.45) is 0.770. The number of ether oxygens (including phenoxy) is 1. The van der Waals surface area contributed by atoms with Crippen molar-refractivity contribution in [2.24, 2.45) is 0 Å². The fourth-order valence-corrected chi connectivity index (χ4v) is 3.44. The van der Waals surface area contributed by atoms with Crippen molar-refractivity contribution in [3.8, 4) is 28.6 Å². The third-order valence-electron chi connectivity index (χ3n) is 4.19. The first kappa shape index (κ1) is 19.7. The highest BCUT2D eigenvalue weighted by Crippen LogP contribution is 2.30. The number of hydrogen-bond donors (Lipinski definition) is 1. The minimum atomic E-state index is -0.324. The van der Waals surface area contributed by atoms with Crippen molar-refractivity contribution in [3.05, 3.63) is 59.1 Å². The largest absolute Gasteiger partial charge is 0.483 e. The van der Waals surface area contributed by atoms with Crippen molar-refractivity contribution in [1.29, 1.82) is 0 Å². The van der Waals surface area contributed by atoms with Gasteiger partial charge in [-0.1, -0.05) is 59.3 Å². The van der Waals surface area contributed by atoms with E-state index in [1.54, 1.807) is 12.1 Å². The quantitative estimate of drug-likeness (QED) is 0.478. The molecule has 2 aromatic heterocycles. The second-order valence-electron chi connectivity index (χ2n) is 6.48. The molecule has 0 fully saturated rings. The molecule has 0 radical (unpaired) electrons. The van der Waals surface area contributed by atoms with Gasteiger partial charge in [-0.05, 0) is 31.5 Å². The third-order valence-corrected chi connectivity index (χ3v) is 5.18. The summed E-state index contributed by atoms with van der Waals surface area (Å²) in [6.45, 7) is 3.80. The lowest BCUT2D eigenvalue weighted by Gasteiger charge is -2.08. The van der Waals surface area contributed by atoms with Crippen LogP contribution in [0, 0.1) is 6.92 Å². The molecule has 4 rings (SSSR count). The van der Waals surface area contributed by atoms with Gasteiger partial charge in [0.25, 0.3) is 11.8 Å². The molecule has 2 aromatic carbocycles. The summed E-state index contributed by atoms with van der Waals surface area (Å²) in [6, 6.07) is 15.1. The standard InChI is InChI=1S/C21H19N5O3S/c1-3-18-24-25-21(30-18)22-17(27)12-28-16-10-5-4-9-15(16)20-23-19(26-29-20)14-8-6-7-13(2)11-14/h4-11H,3,12H2,1-2H3,(H,22,25,27). The van der Waals surface area contributed by atoms with Crippen molar-refractivity contribution >= 4 is 22.4 Å². The molecule has 0 spiro atoms. The van der Waals surface area contributed by atoms with Crippen molar-refractivity contribution in [2.75, 3.05) is 11.9 Å². The van der Waals surface area contributed by atoms with Gasteiger partial charge in [-0.3, -0.25) is 10.1 Å². The number of hydrogen-bond acceptors (Lipinski definition) is 8. The molecule has 1 N–H and O–H groups in total. The molecule has 30 heavy (non-hydrogen) atoms. The first-order valence-corrected chi connectivity index (χ1v) is 10.2. The number of nitrogens with one attached hydrogen (secondary N) is 1. The zero-order chi connectivity index (χ0) is 20.9. The second-order valence-corrected chi connectivity index (χ2v) is 7.54. The highest BCUT2D eigenvalue weighted by molar-refractivity contribution is 7.15. The number of carbonyl (C=O) groups excluding carboxylic acids is 1. The lowest BCUT2D eigenvalue weighted by molar-refractivity contribution is -0.118. The molecule has 9 heteroatoms. The molecule has 4 aromatic rings. The summed E-state index contributed by atoms with van der Waals surface area (Å²) in [4.78, 5) is 16.7. The summed E-state index contributed by atoms with van der Waals surface area (Å²) in [7, 11) is 0. The Hall–Kier alpha value is -3.59. The molecule has 2 heterocycles. The minimum Gasteiger partial charge on any atom is -0.483 e. The minimum absolute atomic E-state index is 0.184. The molecular formula is C21H19N5O3S. The van der Waals surface area contributed by atoms with Crippen LogP contribution < -0.4 is 10.1 Å². The van der Waals surface area contributed by atoms with Crippen LogP contribution in [0.2, 0.25) is 0 Å². The number of aryl methyl sites for hydroxylation is 2. The van der Waals surface area contributed by atoms with Crippen LogP contribution in [0.25, 0.3) is 22.8 Å². The Morgan fingerprint density at radius 3 is 2.83 bits per heavy atom. The van der Waals surface area contributed by atoms with E-state index in [0.29, 0.717) is 28.2 Å². The van der Waals surface area contributed by atoms with Gasteiger partial charge >= 0.3 is 0 Å². The highest BCUT2D eigenvalue weighted by Gasteiger charge is 2.16. The summed E-state index contributed by atoms with van der Waals surface area (Å²) in [5.41, 5.74) is 2.59. The van der Waals surface area contributed by atoms with Crippen molar-refractivity contribution in [3.63, 3.8) is 0 Å². The molecule has 0 aliphatic heterocycles. The van der Waals surface area contributed by atoms with E-state index in [1.165, 1.54) is 11.3 Å². The lowest BCUT2D eigenvalue weighted by atomic mass is 10.1. The molecule has 0 aliphatic carbocycles. The molecule has 0 atom stereocenters. The van der Waals surface area contributed by atoms with E-state index in [9.17, 15) is 4.79 Å². The average molecular weight is 421 g/mol. The predicted octanol–water partition coefficient (Wildman–Crippen LogP) is 4.14. The number of para-hydroxylation sites is 1. The first-order valence-electron chi connectivity index (χ1n) is 9.37. The summed E-state index contributed by atoms with van der Waals surface area (Å²) in [5.74, 6) is 0.955. The number of rotatable bonds is 7. The van der Waals surface area contributed by atoms with Crippen LogP contribution >= 0.6 is 11.3 Å². The molecule has 0 unspecified atom stereocenters. The van der Waals surface area contributed by atoms with E-state index in [0.717, 1.165) is 22.6 Å². The molecule has 8 nitrogen and oxygen atoms in total. The van der Waals surface area contributed by atoms with Gasteiger partial charge in [0.05, 0.1) is 5.56 Å². The van der Waals surface area contributed by atoms with Crippen LogP contribution in [0.5, 0.6) is 5.75 Å². The van der Waals surface area contributed by atoms with Gasteiger partial charge in [0.1, 0.15) is 10.8 Å². The number of carbonyl (C=O) groups is 1.